The normalized spacial score (nSPS) is 19.9. The van der Waals surface area contributed by atoms with Crippen LogP contribution in [0.5, 0.6) is 0 Å². The molecule has 1 fully saturated rings. The molecule has 0 bridgehead atoms. The van der Waals surface area contributed by atoms with E-state index >= 15 is 0 Å². The van der Waals surface area contributed by atoms with E-state index < -0.39 is 18.0 Å². The molecule has 2 N–H and O–H groups in total. The zero-order valence-electron chi connectivity index (χ0n) is 11.2. The predicted octanol–water partition coefficient (Wildman–Crippen LogP) is 0.444. The smallest absolute Gasteiger partial charge is 0.326 e. The number of hydrogen-bond acceptors (Lipinski definition) is 4. The maximum atomic E-state index is 11.9. The summed E-state index contributed by atoms with van der Waals surface area (Å²) in [4.78, 5) is 35.5. The second kappa shape index (κ2) is 6.96. The molecular formula is C12H20N2O5. The van der Waals surface area contributed by atoms with Crippen LogP contribution in [0, 0.1) is 5.92 Å². The van der Waals surface area contributed by atoms with Gasteiger partial charge in [0.2, 0.25) is 0 Å². The molecule has 1 aliphatic rings. The highest BCUT2D eigenvalue weighted by molar-refractivity contribution is 5.83. The number of carboxylic acids is 1. The number of rotatable bonds is 5. The van der Waals surface area contributed by atoms with Crippen LogP contribution < -0.4 is 5.32 Å². The first kappa shape index (κ1) is 15.3. The molecule has 0 saturated carbocycles. The second-order valence-corrected chi connectivity index (χ2v) is 4.79. The molecule has 1 aliphatic heterocycles. The average Bonchev–Trinajstić information content (AvgIpc) is 2.80. The molecule has 108 valence electrons. The summed E-state index contributed by atoms with van der Waals surface area (Å²) in [5.41, 5.74) is 0. The first-order valence-corrected chi connectivity index (χ1v) is 6.29. The van der Waals surface area contributed by atoms with E-state index in [1.54, 1.807) is 4.90 Å². The van der Waals surface area contributed by atoms with Gasteiger partial charge in [0.15, 0.2) is 0 Å². The molecule has 2 amide bonds. The molecule has 0 radical (unpaired) electrons. The Morgan fingerprint density at radius 1 is 1.47 bits per heavy atom. The number of likely N-dealkylation sites (tertiary alicyclic amines) is 1. The molecule has 19 heavy (non-hydrogen) atoms. The lowest BCUT2D eigenvalue weighted by Crippen LogP contribution is -2.47. The number of aliphatic carboxylic acids is 1. The fourth-order valence-corrected chi connectivity index (χ4v) is 1.98. The Morgan fingerprint density at radius 3 is 2.63 bits per heavy atom. The zero-order chi connectivity index (χ0) is 14.4. The lowest BCUT2D eigenvalue weighted by atomic mass is 10.1. The maximum Gasteiger partial charge on any atom is 0.326 e. The van der Waals surface area contributed by atoms with Crippen LogP contribution in [0.15, 0.2) is 0 Å². The van der Waals surface area contributed by atoms with Gasteiger partial charge in [-0.05, 0) is 18.8 Å². The summed E-state index contributed by atoms with van der Waals surface area (Å²) in [5.74, 6) is -1.20. The summed E-state index contributed by atoms with van der Waals surface area (Å²) in [7, 11) is 1.24. The van der Waals surface area contributed by atoms with Gasteiger partial charge >= 0.3 is 18.0 Å². The molecule has 7 nitrogen and oxygen atoms in total. The summed E-state index contributed by atoms with van der Waals surface area (Å²) >= 11 is 0. The average molecular weight is 272 g/mol. The van der Waals surface area contributed by atoms with Crippen molar-refractivity contribution in [2.75, 3.05) is 20.2 Å². The molecule has 1 saturated heterocycles. The molecule has 0 aromatic rings. The Hall–Kier alpha value is -1.79. The van der Waals surface area contributed by atoms with Crippen molar-refractivity contribution in [1.82, 2.24) is 10.2 Å². The first-order chi connectivity index (χ1) is 8.93. The number of amides is 2. The van der Waals surface area contributed by atoms with Gasteiger partial charge in [0.05, 0.1) is 7.11 Å². The number of hydrogen-bond donors (Lipinski definition) is 2. The summed E-state index contributed by atoms with van der Waals surface area (Å²) in [5, 5.41) is 11.5. The standard InChI is InChI=1S/C12H20N2O5/c1-8-5-6-14(7-8)12(18)13-9(11(16)17)3-4-10(15)19-2/h8-9H,3-7H2,1-2H3,(H,13,18)(H,16,17)/t8?,9-/m1/s1. The number of methoxy groups -OCH3 is 1. The molecule has 1 unspecified atom stereocenters. The SMILES string of the molecule is COC(=O)CC[C@@H](NC(=O)N1CCC(C)C1)C(=O)O. The van der Waals surface area contributed by atoms with Gasteiger partial charge in [0.1, 0.15) is 6.04 Å². The van der Waals surface area contributed by atoms with Crippen molar-refractivity contribution in [3.05, 3.63) is 0 Å². The minimum Gasteiger partial charge on any atom is -0.480 e. The third-order valence-corrected chi connectivity index (χ3v) is 3.17. The van der Waals surface area contributed by atoms with E-state index in [1.165, 1.54) is 7.11 Å². The lowest BCUT2D eigenvalue weighted by Gasteiger charge is -2.20. The first-order valence-electron chi connectivity index (χ1n) is 6.29. The number of carboxylic acid groups (broad SMARTS) is 1. The van der Waals surface area contributed by atoms with Crippen molar-refractivity contribution in [1.29, 1.82) is 0 Å². The largest absolute Gasteiger partial charge is 0.480 e. The molecule has 1 rings (SSSR count). The summed E-state index contributed by atoms with van der Waals surface area (Å²) in [6.45, 7) is 3.31. The molecule has 0 aromatic heterocycles. The number of urea groups is 1. The molecule has 2 atom stereocenters. The number of nitrogens with one attached hydrogen (secondary N) is 1. The number of carbonyl (C=O) groups is 3. The van der Waals surface area contributed by atoms with Gasteiger partial charge in [-0.15, -0.1) is 0 Å². The third kappa shape index (κ3) is 4.76. The van der Waals surface area contributed by atoms with Crippen LogP contribution in [0.2, 0.25) is 0 Å². The second-order valence-electron chi connectivity index (χ2n) is 4.79. The van der Waals surface area contributed by atoms with Crippen molar-refractivity contribution >= 4 is 18.0 Å². The molecule has 0 aliphatic carbocycles. The Bertz CT molecular complexity index is 358. The fraction of sp³-hybridized carbons (Fsp3) is 0.750. The van der Waals surface area contributed by atoms with E-state index in [4.69, 9.17) is 5.11 Å². The summed E-state index contributed by atoms with van der Waals surface area (Å²) in [6, 6.07) is -1.45. The van der Waals surface area contributed by atoms with E-state index in [2.05, 4.69) is 10.1 Å². The highest BCUT2D eigenvalue weighted by Gasteiger charge is 2.27. The highest BCUT2D eigenvalue weighted by Crippen LogP contribution is 2.15. The van der Waals surface area contributed by atoms with Crippen LogP contribution in [-0.2, 0) is 14.3 Å². The van der Waals surface area contributed by atoms with Gasteiger partial charge in [-0.2, -0.15) is 0 Å². The van der Waals surface area contributed by atoms with Gasteiger partial charge < -0.3 is 20.1 Å². The van der Waals surface area contributed by atoms with E-state index in [1.807, 2.05) is 6.92 Å². The monoisotopic (exact) mass is 272 g/mol. The predicted molar refractivity (Wildman–Crippen MR) is 66.6 cm³/mol. The van der Waals surface area contributed by atoms with Gasteiger partial charge in [0, 0.05) is 19.5 Å². The lowest BCUT2D eigenvalue weighted by molar-refractivity contribution is -0.142. The number of nitrogens with zero attached hydrogens (tertiary/aromatic N) is 1. The van der Waals surface area contributed by atoms with E-state index in [0.29, 0.717) is 19.0 Å². The highest BCUT2D eigenvalue weighted by atomic mass is 16.5. The van der Waals surface area contributed by atoms with Gasteiger partial charge in [0.25, 0.3) is 0 Å². The summed E-state index contributed by atoms with van der Waals surface area (Å²) < 4.78 is 4.44. The van der Waals surface area contributed by atoms with Crippen LogP contribution in [-0.4, -0.2) is 54.2 Å². The number of carbonyl (C=O) groups excluding carboxylic acids is 2. The fourth-order valence-electron chi connectivity index (χ4n) is 1.98. The van der Waals surface area contributed by atoms with Crippen LogP contribution in [0.4, 0.5) is 4.79 Å². The Morgan fingerprint density at radius 2 is 2.16 bits per heavy atom. The molecular weight excluding hydrogens is 252 g/mol. The van der Waals surface area contributed by atoms with Crippen molar-refractivity contribution in [3.63, 3.8) is 0 Å². The Balaban J connectivity index is 2.46. The van der Waals surface area contributed by atoms with Crippen molar-refractivity contribution in [3.8, 4) is 0 Å². The molecule has 7 heteroatoms. The third-order valence-electron chi connectivity index (χ3n) is 3.17. The van der Waals surface area contributed by atoms with Gasteiger partial charge in [-0.3, -0.25) is 4.79 Å². The van der Waals surface area contributed by atoms with E-state index in [9.17, 15) is 14.4 Å². The van der Waals surface area contributed by atoms with E-state index in [-0.39, 0.29) is 18.9 Å². The van der Waals surface area contributed by atoms with Crippen LogP contribution in [0.3, 0.4) is 0 Å². The maximum absolute atomic E-state index is 11.9. The molecule has 0 spiro atoms. The Labute approximate surface area is 111 Å². The van der Waals surface area contributed by atoms with Crippen molar-refractivity contribution in [2.24, 2.45) is 5.92 Å². The number of ether oxygens (including phenoxy) is 1. The quantitative estimate of drug-likeness (QED) is 0.708. The van der Waals surface area contributed by atoms with Crippen LogP contribution in [0.1, 0.15) is 26.2 Å². The van der Waals surface area contributed by atoms with Crippen LogP contribution >= 0.6 is 0 Å². The van der Waals surface area contributed by atoms with Crippen molar-refractivity contribution < 1.29 is 24.2 Å². The van der Waals surface area contributed by atoms with Crippen LogP contribution in [0.25, 0.3) is 0 Å². The Kier molecular flexibility index (Phi) is 5.59. The molecule has 0 aromatic carbocycles. The summed E-state index contributed by atoms with van der Waals surface area (Å²) in [6.07, 6.45) is 0.911. The minimum atomic E-state index is -1.15. The molecule has 1 heterocycles. The minimum absolute atomic E-state index is 0.0249. The topological polar surface area (TPSA) is 95.9 Å². The van der Waals surface area contributed by atoms with Gasteiger partial charge in [-0.1, -0.05) is 6.92 Å². The van der Waals surface area contributed by atoms with E-state index in [0.717, 1.165) is 6.42 Å². The number of esters is 1. The zero-order valence-corrected chi connectivity index (χ0v) is 11.2. The van der Waals surface area contributed by atoms with Gasteiger partial charge in [-0.25, -0.2) is 9.59 Å². The van der Waals surface area contributed by atoms with Crippen molar-refractivity contribution in [2.45, 2.75) is 32.2 Å².